The van der Waals surface area contributed by atoms with Crippen LogP contribution in [0.4, 0.5) is 0 Å². The van der Waals surface area contributed by atoms with Gasteiger partial charge < -0.3 is 10.2 Å². The molecule has 0 aromatic carbocycles. The highest BCUT2D eigenvalue weighted by molar-refractivity contribution is 5.76. The SMILES string of the molecule is CNC.O=C(CCc1ccncc1)N1CCCC1. The Balaban J connectivity index is 0.000000492. The van der Waals surface area contributed by atoms with Crippen molar-refractivity contribution in [1.29, 1.82) is 0 Å². The quantitative estimate of drug-likeness (QED) is 0.882. The number of aryl methyl sites for hydroxylation is 1. The van der Waals surface area contributed by atoms with E-state index in [-0.39, 0.29) is 0 Å². The van der Waals surface area contributed by atoms with E-state index in [1.807, 2.05) is 31.1 Å². The van der Waals surface area contributed by atoms with Crippen molar-refractivity contribution in [3.63, 3.8) is 0 Å². The molecular weight excluding hydrogens is 226 g/mol. The molecule has 100 valence electrons. The van der Waals surface area contributed by atoms with E-state index in [9.17, 15) is 4.79 Å². The van der Waals surface area contributed by atoms with E-state index in [0.717, 1.165) is 19.5 Å². The van der Waals surface area contributed by atoms with Gasteiger partial charge in [0.05, 0.1) is 0 Å². The summed E-state index contributed by atoms with van der Waals surface area (Å²) in [5.41, 5.74) is 1.19. The first-order valence-electron chi connectivity index (χ1n) is 6.53. The first-order chi connectivity index (χ1) is 8.77. The lowest BCUT2D eigenvalue weighted by Crippen LogP contribution is -2.27. The van der Waals surface area contributed by atoms with Gasteiger partial charge in [0.2, 0.25) is 5.91 Å². The van der Waals surface area contributed by atoms with Gasteiger partial charge in [-0.15, -0.1) is 0 Å². The monoisotopic (exact) mass is 249 g/mol. The number of nitrogens with one attached hydrogen (secondary N) is 1. The van der Waals surface area contributed by atoms with Gasteiger partial charge in [0.15, 0.2) is 0 Å². The number of amides is 1. The maximum absolute atomic E-state index is 11.7. The predicted molar refractivity (Wildman–Crippen MR) is 73.4 cm³/mol. The van der Waals surface area contributed by atoms with Crippen LogP contribution in [0.2, 0.25) is 0 Å². The minimum Gasteiger partial charge on any atom is -0.343 e. The maximum Gasteiger partial charge on any atom is 0.222 e. The fourth-order valence-electron chi connectivity index (χ4n) is 1.93. The molecule has 4 nitrogen and oxygen atoms in total. The minimum atomic E-state index is 0.296. The van der Waals surface area contributed by atoms with E-state index in [4.69, 9.17) is 0 Å². The van der Waals surface area contributed by atoms with Crippen LogP contribution in [0, 0.1) is 0 Å². The van der Waals surface area contributed by atoms with E-state index in [2.05, 4.69) is 10.3 Å². The molecule has 0 bridgehead atoms. The number of carbonyl (C=O) groups is 1. The number of nitrogens with zero attached hydrogens (tertiary/aromatic N) is 2. The van der Waals surface area contributed by atoms with E-state index in [1.54, 1.807) is 12.4 Å². The Hall–Kier alpha value is -1.42. The molecule has 1 aromatic rings. The average Bonchev–Trinajstić information content (AvgIpc) is 2.92. The van der Waals surface area contributed by atoms with Crippen molar-refractivity contribution in [1.82, 2.24) is 15.2 Å². The molecular formula is C14H23N3O. The van der Waals surface area contributed by atoms with Gasteiger partial charge >= 0.3 is 0 Å². The summed E-state index contributed by atoms with van der Waals surface area (Å²) in [5, 5.41) is 2.75. The number of rotatable bonds is 3. The highest BCUT2D eigenvalue weighted by Gasteiger charge is 2.16. The smallest absolute Gasteiger partial charge is 0.222 e. The summed E-state index contributed by atoms with van der Waals surface area (Å²) >= 11 is 0. The molecule has 1 aromatic heterocycles. The average molecular weight is 249 g/mol. The molecule has 1 N–H and O–H groups in total. The normalized spacial score (nSPS) is 14.0. The Bertz CT molecular complexity index is 334. The second kappa shape index (κ2) is 8.64. The van der Waals surface area contributed by atoms with Crippen LogP contribution < -0.4 is 5.32 Å². The van der Waals surface area contributed by atoms with Crippen molar-refractivity contribution < 1.29 is 4.79 Å². The second-order valence-electron chi connectivity index (χ2n) is 4.44. The van der Waals surface area contributed by atoms with Crippen molar-refractivity contribution in [2.24, 2.45) is 0 Å². The highest BCUT2D eigenvalue weighted by atomic mass is 16.2. The Kier molecular flexibility index (Phi) is 7.03. The first-order valence-corrected chi connectivity index (χ1v) is 6.53. The largest absolute Gasteiger partial charge is 0.343 e. The molecule has 0 aliphatic carbocycles. The Morgan fingerprint density at radius 2 is 1.83 bits per heavy atom. The number of likely N-dealkylation sites (tertiary alicyclic amines) is 1. The lowest BCUT2D eigenvalue weighted by atomic mass is 10.1. The zero-order chi connectivity index (χ0) is 13.2. The predicted octanol–water partition coefficient (Wildman–Crippen LogP) is 1.47. The third-order valence-electron chi connectivity index (χ3n) is 2.84. The van der Waals surface area contributed by atoms with Gasteiger partial charge in [-0.25, -0.2) is 0 Å². The van der Waals surface area contributed by atoms with Crippen LogP contribution in [0.3, 0.4) is 0 Å². The first kappa shape index (κ1) is 14.6. The highest BCUT2D eigenvalue weighted by Crippen LogP contribution is 2.10. The van der Waals surface area contributed by atoms with Gasteiger partial charge in [-0.3, -0.25) is 9.78 Å². The molecule has 0 spiro atoms. The topological polar surface area (TPSA) is 45.2 Å². The van der Waals surface area contributed by atoms with Crippen LogP contribution in [-0.4, -0.2) is 43.0 Å². The summed E-state index contributed by atoms with van der Waals surface area (Å²) in [6, 6.07) is 3.94. The molecule has 1 saturated heterocycles. The summed E-state index contributed by atoms with van der Waals surface area (Å²) < 4.78 is 0. The van der Waals surface area contributed by atoms with E-state index < -0.39 is 0 Å². The molecule has 1 aliphatic heterocycles. The van der Waals surface area contributed by atoms with Crippen molar-refractivity contribution in [2.75, 3.05) is 27.2 Å². The minimum absolute atomic E-state index is 0.296. The van der Waals surface area contributed by atoms with Crippen LogP contribution >= 0.6 is 0 Å². The fraction of sp³-hybridized carbons (Fsp3) is 0.571. The third kappa shape index (κ3) is 5.27. The Labute approximate surface area is 109 Å². The fourth-order valence-corrected chi connectivity index (χ4v) is 1.93. The Morgan fingerprint density at radius 1 is 1.28 bits per heavy atom. The lowest BCUT2D eigenvalue weighted by molar-refractivity contribution is -0.130. The van der Waals surface area contributed by atoms with Crippen molar-refractivity contribution >= 4 is 5.91 Å². The number of pyridine rings is 1. The Morgan fingerprint density at radius 3 is 2.39 bits per heavy atom. The van der Waals surface area contributed by atoms with Gasteiger partial charge in [-0.2, -0.15) is 0 Å². The van der Waals surface area contributed by atoms with Gasteiger partial charge in [0.1, 0.15) is 0 Å². The van der Waals surface area contributed by atoms with Crippen LogP contribution in [0.15, 0.2) is 24.5 Å². The molecule has 0 unspecified atom stereocenters. The molecule has 18 heavy (non-hydrogen) atoms. The molecule has 1 aliphatic rings. The van der Waals surface area contributed by atoms with Crippen LogP contribution in [0.25, 0.3) is 0 Å². The van der Waals surface area contributed by atoms with E-state index >= 15 is 0 Å². The van der Waals surface area contributed by atoms with Crippen molar-refractivity contribution in [3.8, 4) is 0 Å². The summed E-state index contributed by atoms with van der Waals surface area (Å²) in [5.74, 6) is 0.296. The van der Waals surface area contributed by atoms with E-state index in [1.165, 1.54) is 18.4 Å². The lowest BCUT2D eigenvalue weighted by Gasteiger charge is -2.14. The van der Waals surface area contributed by atoms with Crippen molar-refractivity contribution in [2.45, 2.75) is 25.7 Å². The van der Waals surface area contributed by atoms with Crippen LogP contribution in [0.1, 0.15) is 24.8 Å². The van der Waals surface area contributed by atoms with Gasteiger partial charge in [0.25, 0.3) is 0 Å². The standard InChI is InChI=1S/C12H16N2O.C2H7N/c15-12(14-9-1-2-10-14)4-3-11-5-7-13-8-6-11;1-3-2/h5-8H,1-4,9-10H2;3H,1-2H3. The van der Waals surface area contributed by atoms with Gasteiger partial charge in [-0.1, -0.05) is 0 Å². The molecule has 0 atom stereocenters. The molecule has 2 rings (SSSR count). The third-order valence-corrected chi connectivity index (χ3v) is 2.84. The van der Waals surface area contributed by atoms with E-state index in [0.29, 0.717) is 12.3 Å². The molecule has 0 saturated carbocycles. The zero-order valence-corrected chi connectivity index (χ0v) is 11.4. The number of hydrogen-bond acceptors (Lipinski definition) is 3. The van der Waals surface area contributed by atoms with Crippen LogP contribution in [0.5, 0.6) is 0 Å². The number of hydrogen-bond donors (Lipinski definition) is 1. The molecule has 0 radical (unpaired) electrons. The summed E-state index contributed by atoms with van der Waals surface area (Å²) in [6.07, 6.45) is 7.34. The zero-order valence-electron chi connectivity index (χ0n) is 11.4. The number of aromatic nitrogens is 1. The molecule has 4 heteroatoms. The summed E-state index contributed by atoms with van der Waals surface area (Å²) in [6.45, 7) is 1.91. The second-order valence-corrected chi connectivity index (χ2v) is 4.44. The molecule has 2 heterocycles. The maximum atomic E-state index is 11.7. The van der Waals surface area contributed by atoms with Crippen LogP contribution in [-0.2, 0) is 11.2 Å². The van der Waals surface area contributed by atoms with Gasteiger partial charge in [0, 0.05) is 31.9 Å². The molecule has 1 fully saturated rings. The van der Waals surface area contributed by atoms with Gasteiger partial charge in [-0.05, 0) is 51.1 Å². The number of carbonyl (C=O) groups excluding carboxylic acids is 1. The molecule has 1 amide bonds. The van der Waals surface area contributed by atoms with Crippen molar-refractivity contribution in [3.05, 3.63) is 30.1 Å². The summed E-state index contributed by atoms with van der Waals surface area (Å²) in [7, 11) is 3.75. The summed E-state index contributed by atoms with van der Waals surface area (Å²) in [4.78, 5) is 17.7.